The van der Waals surface area contributed by atoms with E-state index in [0.29, 0.717) is 27.4 Å². The minimum Gasteiger partial charge on any atom is -0.378 e. The normalized spacial score (nSPS) is 18.8. The third-order valence-corrected chi connectivity index (χ3v) is 8.96. The molecule has 2 aromatic heterocycles. The Morgan fingerprint density at radius 2 is 1.85 bits per heavy atom. The Kier molecular flexibility index (Phi) is 8.24. The van der Waals surface area contributed by atoms with E-state index in [1.165, 1.54) is 26.1 Å². The zero-order valence-electron chi connectivity index (χ0n) is 27.2. The van der Waals surface area contributed by atoms with Crippen LogP contribution in [0.2, 0.25) is 0 Å². The molecule has 3 aliphatic rings. The molecule has 4 aromatic rings. The number of benzene rings is 2. The lowest BCUT2D eigenvalue weighted by atomic mass is 9.81. The van der Waals surface area contributed by atoms with Gasteiger partial charge in [0.1, 0.15) is 29.5 Å². The van der Waals surface area contributed by atoms with Crippen LogP contribution in [0, 0.1) is 29.4 Å². The van der Waals surface area contributed by atoms with Gasteiger partial charge in [-0.1, -0.05) is 30.2 Å². The van der Waals surface area contributed by atoms with E-state index in [4.69, 9.17) is 0 Å². The second kappa shape index (κ2) is 12.3. The molecule has 3 heterocycles. The molecule has 268 valence electrons. The number of carbonyl (C=O) groups is 2. The molecule has 1 aliphatic heterocycles. The third-order valence-electron chi connectivity index (χ3n) is 8.96. The number of fused-ring (bicyclic) bond motifs is 4. The molecule has 7 rings (SSSR count). The first kappa shape index (κ1) is 34.9. The van der Waals surface area contributed by atoms with Crippen LogP contribution in [-0.2, 0) is 36.4 Å². The van der Waals surface area contributed by atoms with Gasteiger partial charge < -0.3 is 15.7 Å². The number of nitrogens with zero attached hydrogens (tertiary/aromatic N) is 4. The summed E-state index contributed by atoms with van der Waals surface area (Å²) >= 11 is 0. The lowest BCUT2D eigenvalue weighted by Gasteiger charge is -2.27. The molecule has 0 unspecified atom stereocenters. The lowest BCUT2D eigenvalue weighted by Crippen LogP contribution is -2.36. The van der Waals surface area contributed by atoms with Crippen molar-refractivity contribution in [2.45, 2.75) is 63.0 Å². The van der Waals surface area contributed by atoms with Gasteiger partial charge in [-0.15, -0.1) is 0 Å². The summed E-state index contributed by atoms with van der Waals surface area (Å²) in [6, 6.07) is 6.18. The molecule has 3 atom stereocenters. The Balaban J connectivity index is 1.33. The molecule has 0 bridgehead atoms. The summed E-state index contributed by atoms with van der Waals surface area (Å²) in [6.45, 7) is 2.03. The summed E-state index contributed by atoms with van der Waals surface area (Å²) in [7, 11) is 0. The van der Waals surface area contributed by atoms with Crippen molar-refractivity contribution >= 4 is 11.8 Å². The number of carbonyl (C=O) groups excluding carboxylic acids is 2. The lowest BCUT2D eigenvalue weighted by molar-refractivity contribution is -0.142. The monoisotopic (exact) mass is 724 g/mol. The van der Waals surface area contributed by atoms with E-state index < -0.39 is 76.6 Å². The van der Waals surface area contributed by atoms with Crippen molar-refractivity contribution < 1.29 is 45.4 Å². The van der Waals surface area contributed by atoms with Crippen molar-refractivity contribution in [1.29, 1.82) is 0 Å². The Labute approximate surface area is 291 Å². The molecule has 9 nitrogen and oxygen atoms in total. The predicted molar refractivity (Wildman–Crippen MR) is 169 cm³/mol. The molecular weight excluding hydrogens is 697 g/mol. The van der Waals surface area contributed by atoms with Gasteiger partial charge in [0.25, 0.3) is 11.8 Å². The number of halogens is 7. The Morgan fingerprint density at radius 3 is 2.50 bits per heavy atom. The number of amides is 2. The fourth-order valence-electron chi connectivity index (χ4n) is 6.67. The fraction of sp³-hybridized carbons (Fsp3) is 0.306. The number of alkyl halides is 5. The Bertz CT molecular complexity index is 2230. The van der Waals surface area contributed by atoms with Crippen LogP contribution in [0.5, 0.6) is 0 Å². The highest BCUT2D eigenvalue weighted by atomic mass is 19.4. The number of nitrogens with one attached hydrogen (secondary N) is 2. The maximum absolute atomic E-state index is 15.4. The number of aliphatic hydroxyl groups is 1. The van der Waals surface area contributed by atoms with Gasteiger partial charge in [-0.2, -0.15) is 27.1 Å². The minimum atomic E-state index is -5.09. The molecule has 0 spiro atoms. The summed E-state index contributed by atoms with van der Waals surface area (Å²) in [5.74, 6) is -4.78. The molecule has 0 saturated carbocycles. The maximum Gasteiger partial charge on any atom is 0.435 e. The van der Waals surface area contributed by atoms with Crippen LogP contribution in [0.15, 0.2) is 54.7 Å². The molecule has 52 heavy (non-hydrogen) atoms. The van der Waals surface area contributed by atoms with E-state index in [-0.39, 0.29) is 41.5 Å². The molecule has 2 amide bonds. The van der Waals surface area contributed by atoms with Crippen molar-refractivity contribution in [2.75, 3.05) is 0 Å². The summed E-state index contributed by atoms with van der Waals surface area (Å²) in [5.41, 5.74) is -3.02. The number of allylic oxidation sites excluding steroid dienone is 2. The van der Waals surface area contributed by atoms with Crippen molar-refractivity contribution in [1.82, 2.24) is 30.4 Å². The van der Waals surface area contributed by atoms with Gasteiger partial charge in [0, 0.05) is 41.4 Å². The topological polar surface area (TPSA) is 122 Å². The van der Waals surface area contributed by atoms with E-state index >= 15 is 8.78 Å². The molecule has 3 N–H and O–H groups in total. The van der Waals surface area contributed by atoms with Gasteiger partial charge >= 0.3 is 6.18 Å². The van der Waals surface area contributed by atoms with Crippen LogP contribution in [0.1, 0.15) is 75.8 Å². The van der Waals surface area contributed by atoms with Crippen molar-refractivity contribution in [2.24, 2.45) is 5.92 Å². The molecule has 0 fully saturated rings. The average molecular weight is 725 g/mol. The standard InChI is InChI=1S/C36H27F7N6O3/c1-34(2,52)8-7-27-44-15-24(18-3-4-19-14-45-33(51)23(19)12-18)30(47-27)26(11-17-9-20(37)13-21(38)10-17)46-28(50)16-49-32-29(31(48-49)36(41,42)43)22-5-6-25(22)35(32,39)40/h3-6,9-10,12-13,15,22,25-26,52H,11,14,16H2,1-2H3,(H,45,51)(H,46,50)/t22-,25+,26-/m0/s1. The largest absolute Gasteiger partial charge is 0.435 e. The van der Waals surface area contributed by atoms with Gasteiger partial charge in [-0.25, -0.2) is 18.7 Å². The predicted octanol–water partition coefficient (Wildman–Crippen LogP) is 5.48. The number of hydrogen-bond donors (Lipinski definition) is 3. The molecule has 2 aromatic carbocycles. The van der Waals surface area contributed by atoms with Crippen molar-refractivity contribution in [3.8, 4) is 23.0 Å². The molecule has 0 radical (unpaired) electrons. The van der Waals surface area contributed by atoms with Crippen molar-refractivity contribution in [3.63, 3.8) is 0 Å². The van der Waals surface area contributed by atoms with Crippen molar-refractivity contribution in [3.05, 3.63) is 112 Å². The molecule has 0 saturated heterocycles. The van der Waals surface area contributed by atoms with E-state index in [0.717, 1.165) is 18.2 Å². The third kappa shape index (κ3) is 6.40. The van der Waals surface area contributed by atoms with E-state index in [9.17, 15) is 36.6 Å². The first-order valence-corrected chi connectivity index (χ1v) is 15.9. The van der Waals surface area contributed by atoms with Gasteiger partial charge in [0.05, 0.1) is 17.7 Å². The highest BCUT2D eigenvalue weighted by Crippen LogP contribution is 2.60. The Hall–Kier alpha value is -5.56. The van der Waals surface area contributed by atoms with Crippen LogP contribution in [0.25, 0.3) is 11.1 Å². The second-order valence-corrected chi connectivity index (χ2v) is 13.3. The molecular formula is C36H27F7N6O3. The fourth-order valence-corrected chi connectivity index (χ4v) is 6.67. The summed E-state index contributed by atoms with van der Waals surface area (Å²) < 4.78 is 102. The SMILES string of the molecule is CC(C)(O)C#Cc1ncc(-c2ccc3c(c2)C(=O)NC3)c([C@H](Cc2cc(F)cc(F)c2)NC(=O)Cn2nc(C(F)(F)F)c3c2C(F)(F)[C@@H]2C=C[C@H]32)n1. The van der Waals surface area contributed by atoms with Gasteiger partial charge in [-0.05, 0) is 61.1 Å². The second-order valence-electron chi connectivity index (χ2n) is 13.3. The summed E-state index contributed by atoms with van der Waals surface area (Å²) in [5, 5.41) is 18.9. The van der Waals surface area contributed by atoms with Crippen LogP contribution in [-0.4, -0.2) is 42.3 Å². The van der Waals surface area contributed by atoms with E-state index in [1.54, 1.807) is 18.2 Å². The number of rotatable bonds is 7. The Morgan fingerprint density at radius 1 is 1.12 bits per heavy atom. The minimum absolute atomic E-state index is 0.000620. The van der Waals surface area contributed by atoms with Gasteiger partial charge in [0.15, 0.2) is 5.69 Å². The summed E-state index contributed by atoms with van der Waals surface area (Å²) in [6.07, 6.45) is -1.77. The quantitative estimate of drug-likeness (QED) is 0.132. The zero-order chi connectivity index (χ0) is 37.3. The van der Waals surface area contributed by atoms with E-state index in [1.807, 2.05) is 0 Å². The highest BCUT2D eigenvalue weighted by Gasteiger charge is 2.61. The average Bonchev–Trinajstić information content (AvgIpc) is 3.62. The first-order valence-electron chi connectivity index (χ1n) is 15.9. The van der Waals surface area contributed by atoms with Crippen LogP contribution < -0.4 is 10.6 Å². The van der Waals surface area contributed by atoms with Crippen LogP contribution >= 0.6 is 0 Å². The van der Waals surface area contributed by atoms with Crippen LogP contribution in [0.3, 0.4) is 0 Å². The molecule has 16 heteroatoms. The van der Waals surface area contributed by atoms with Crippen LogP contribution in [0.4, 0.5) is 30.7 Å². The number of hydrogen-bond acceptors (Lipinski definition) is 6. The molecule has 2 aliphatic carbocycles. The van der Waals surface area contributed by atoms with E-state index in [2.05, 4.69) is 37.5 Å². The zero-order valence-corrected chi connectivity index (χ0v) is 27.2. The summed E-state index contributed by atoms with van der Waals surface area (Å²) in [4.78, 5) is 35.0. The smallest absolute Gasteiger partial charge is 0.378 e. The van der Waals surface area contributed by atoms with Gasteiger partial charge in [0.2, 0.25) is 11.7 Å². The first-order chi connectivity index (χ1) is 24.4. The number of aromatic nitrogens is 4. The maximum atomic E-state index is 15.4. The highest BCUT2D eigenvalue weighted by molar-refractivity contribution is 5.99. The van der Waals surface area contributed by atoms with Gasteiger partial charge in [-0.3, -0.25) is 14.3 Å².